The van der Waals surface area contributed by atoms with Crippen LogP contribution in [0.4, 0.5) is 4.39 Å². The van der Waals surface area contributed by atoms with Crippen molar-refractivity contribution in [3.05, 3.63) is 114 Å². The number of aliphatic hydroxyl groups excluding tert-OH is 1. The van der Waals surface area contributed by atoms with E-state index in [0.29, 0.717) is 19.6 Å². The Balaban J connectivity index is 1.28. The van der Waals surface area contributed by atoms with Crippen molar-refractivity contribution in [3.63, 3.8) is 0 Å². The lowest BCUT2D eigenvalue weighted by Gasteiger charge is -2.22. The van der Waals surface area contributed by atoms with Crippen LogP contribution in [-0.4, -0.2) is 29.8 Å². The summed E-state index contributed by atoms with van der Waals surface area (Å²) in [5.74, 6) is 0.670. The number of fused-ring (bicyclic) bond motifs is 1. The first-order chi connectivity index (χ1) is 17.2. The van der Waals surface area contributed by atoms with Crippen molar-refractivity contribution in [2.24, 2.45) is 0 Å². The molecule has 0 amide bonds. The summed E-state index contributed by atoms with van der Waals surface area (Å²) in [5, 5.41) is 11.8. The molecule has 4 aromatic rings. The Morgan fingerprint density at radius 2 is 1.43 bits per heavy atom. The van der Waals surface area contributed by atoms with E-state index in [2.05, 4.69) is 65.6 Å². The lowest BCUT2D eigenvalue weighted by atomic mass is 10.1. The molecule has 182 valence electrons. The van der Waals surface area contributed by atoms with Crippen LogP contribution in [-0.2, 0) is 19.5 Å². The lowest BCUT2D eigenvalue weighted by Crippen LogP contribution is -2.26. The molecule has 0 saturated heterocycles. The van der Waals surface area contributed by atoms with Gasteiger partial charge in [0.05, 0.1) is 13.2 Å². The second-order valence-corrected chi connectivity index (χ2v) is 9.05. The summed E-state index contributed by atoms with van der Waals surface area (Å²) in [7, 11) is 0. The molecule has 0 atom stereocenters. The molecule has 3 nitrogen and oxygen atoms in total. The third-order valence-electron chi connectivity index (χ3n) is 6.22. The molecule has 0 aliphatic carbocycles. The lowest BCUT2D eigenvalue weighted by molar-refractivity contribution is 0.184. The zero-order valence-electron chi connectivity index (χ0n) is 20.2. The first-order valence-electron chi connectivity index (χ1n) is 12.5. The van der Waals surface area contributed by atoms with Crippen LogP contribution in [0.3, 0.4) is 0 Å². The largest absolute Gasteiger partial charge is 0.494 e. The predicted octanol–water partition coefficient (Wildman–Crippen LogP) is 6.77. The maximum absolute atomic E-state index is 13.6. The molecule has 0 spiro atoms. The minimum absolute atomic E-state index is 0.0653. The fourth-order valence-corrected chi connectivity index (χ4v) is 4.41. The zero-order chi connectivity index (χ0) is 24.3. The van der Waals surface area contributed by atoms with Crippen LogP contribution >= 0.6 is 0 Å². The second-order valence-electron chi connectivity index (χ2n) is 9.05. The molecule has 1 N–H and O–H groups in total. The topological polar surface area (TPSA) is 32.7 Å². The molecule has 0 saturated carbocycles. The van der Waals surface area contributed by atoms with Gasteiger partial charge < -0.3 is 9.84 Å². The average Bonchev–Trinajstić information content (AvgIpc) is 2.87. The van der Waals surface area contributed by atoms with Crippen molar-refractivity contribution < 1.29 is 14.2 Å². The van der Waals surface area contributed by atoms with E-state index in [9.17, 15) is 9.50 Å². The molecule has 0 aromatic heterocycles. The molecule has 0 heterocycles. The van der Waals surface area contributed by atoms with Crippen LogP contribution in [0.2, 0.25) is 0 Å². The monoisotopic (exact) mass is 471 g/mol. The van der Waals surface area contributed by atoms with Gasteiger partial charge in [0.1, 0.15) is 11.6 Å². The van der Waals surface area contributed by atoms with E-state index >= 15 is 0 Å². The summed E-state index contributed by atoms with van der Waals surface area (Å²) in [6.45, 7) is 2.61. The van der Waals surface area contributed by atoms with Gasteiger partial charge >= 0.3 is 0 Å². The molecule has 0 fully saturated rings. The smallest absolute Gasteiger partial charge is 0.123 e. The molecule has 4 heteroatoms. The standard InChI is InChI=1S/C31H34FNO2/c32-30-12-7-11-26(21-30)23-33(17-18-34)24-27-13-14-29-22-31(16-15-28(29)20-27)35-19-6-2-5-10-25-8-3-1-4-9-25/h1,3-4,7-9,11-16,20-22,34H,2,5-6,10,17-19,23-24H2. The Hall–Kier alpha value is -3.21. The number of hydrogen-bond acceptors (Lipinski definition) is 3. The van der Waals surface area contributed by atoms with Gasteiger partial charge in [0.15, 0.2) is 0 Å². The fourth-order valence-electron chi connectivity index (χ4n) is 4.41. The molecule has 4 aromatic carbocycles. The Kier molecular flexibility index (Phi) is 9.27. The summed E-state index contributed by atoms with van der Waals surface area (Å²) >= 11 is 0. The number of aryl methyl sites for hydroxylation is 1. The van der Waals surface area contributed by atoms with Crippen molar-refractivity contribution in [2.45, 2.75) is 38.8 Å². The molecule has 0 aliphatic heterocycles. The summed E-state index contributed by atoms with van der Waals surface area (Å²) in [6, 6.07) is 29.9. The SMILES string of the molecule is OCCN(Cc1cccc(F)c1)Cc1ccc2cc(OCCCCCc3ccccc3)ccc2c1. The van der Waals surface area contributed by atoms with Gasteiger partial charge in [-0.3, -0.25) is 4.90 Å². The van der Waals surface area contributed by atoms with Gasteiger partial charge in [-0.05, 0) is 83.5 Å². The Morgan fingerprint density at radius 1 is 0.686 bits per heavy atom. The molecular formula is C31H34FNO2. The molecular weight excluding hydrogens is 437 g/mol. The Morgan fingerprint density at radius 3 is 2.23 bits per heavy atom. The minimum atomic E-state index is -0.234. The van der Waals surface area contributed by atoms with E-state index in [1.165, 1.54) is 18.1 Å². The van der Waals surface area contributed by atoms with Gasteiger partial charge in [-0.15, -0.1) is 0 Å². The highest BCUT2D eigenvalue weighted by Crippen LogP contribution is 2.23. The predicted molar refractivity (Wildman–Crippen MR) is 141 cm³/mol. The van der Waals surface area contributed by atoms with Crippen LogP contribution in [0.25, 0.3) is 10.8 Å². The molecule has 4 rings (SSSR count). The summed E-state index contributed by atoms with van der Waals surface area (Å²) in [5.41, 5.74) is 3.46. The van der Waals surface area contributed by atoms with E-state index in [4.69, 9.17) is 4.74 Å². The number of unbranched alkanes of at least 4 members (excludes halogenated alkanes) is 2. The second kappa shape index (κ2) is 13.0. The number of aliphatic hydroxyl groups is 1. The van der Waals surface area contributed by atoms with Gasteiger partial charge in [-0.2, -0.15) is 0 Å². The van der Waals surface area contributed by atoms with E-state index in [-0.39, 0.29) is 12.4 Å². The summed E-state index contributed by atoms with van der Waals surface area (Å²) in [4.78, 5) is 2.13. The third-order valence-corrected chi connectivity index (χ3v) is 6.22. The molecule has 0 aliphatic rings. The molecule has 0 bridgehead atoms. The van der Waals surface area contributed by atoms with E-state index in [1.54, 1.807) is 12.1 Å². The average molecular weight is 472 g/mol. The minimum Gasteiger partial charge on any atom is -0.494 e. The molecule has 0 radical (unpaired) electrons. The Bertz CT molecular complexity index is 1190. The van der Waals surface area contributed by atoms with Crippen LogP contribution in [0.5, 0.6) is 5.75 Å². The first kappa shape index (κ1) is 24.9. The summed E-state index contributed by atoms with van der Waals surface area (Å²) < 4.78 is 19.6. The van der Waals surface area contributed by atoms with Crippen LogP contribution < -0.4 is 4.74 Å². The highest BCUT2D eigenvalue weighted by atomic mass is 19.1. The number of hydrogen-bond donors (Lipinski definition) is 1. The van der Waals surface area contributed by atoms with Gasteiger partial charge in [-0.25, -0.2) is 4.39 Å². The van der Waals surface area contributed by atoms with Gasteiger partial charge in [0.25, 0.3) is 0 Å². The van der Waals surface area contributed by atoms with Crippen molar-refractivity contribution in [2.75, 3.05) is 19.8 Å². The van der Waals surface area contributed by atoms with Gasteiger partial charge in [0.2, 0.25) is 0 Å². The number of nitrogens with zero attached hydrogens (tertiary/aromatic N) is 1. The highest BCUT2D eigenvalue weighted by Gasteiger charge is 2.09. The zero-order valence-corrected chi connectivity index (χ0v) is 20.2. The van der Waals surface area contributed by atoms with Crippen LogP contribution in [0.1, 0.15) is 36.0 Å². The number of rotatable bonds is 13. The highest BCUT2D eigenvalue weighted by molar-refractivity contribution is 5.84. The van der Waals surface area contributed by atoms with Crippen molar-refractivity contribution >= 4 is 10.8 Å². The van der Waals surface area contributed by atoms with E-state index in [1.807, 2.05) is 12.1 Å². The van der Waals surface area contributed by atoms with Crippen molar-refractivity contribution in [1.82, 2.24) is 4.90 Å². The normalized spacial score (nSPS) is 11.3. The van der Waals surface area contributed by atoms with Gasteiger partial charge in [-0.1, -0.05) is 60.7 Å². The Labute approximate surface area is 207 Å². The maximum Gasteiger partial charge on any atom is 0.123 e. The van der Waals surface area contributed by atoms with Crippen molar-refractivity contribution in [1.29, 1.82) is 0 Å². The number of ether oxygens (including phenoxy) is 1. The van der Waals surface area contributed by atoms with E-state index in [0.717, 1.165) is 53.5 Å². The van der Waals surface area contributed by atoms with Crippen molar-refractivity contribution in [3.8, 4) is 5.75 Å². The van der Waals surface area contributed by atoms with E-state index < -0.39 is 0 Å². The maximum atomic E-state index is 13.6. The first-order valence-corrected chi connectivity index (χ1v) is 12.5. The van der Waals surface area contributed by atoms with Gasteiger partial charge in [0, 0.05) is 19.6 Å². The summed E-state index contributed by atoms with van der Waals surface area (Å²) in [6.07, 6.45) is 4.51. The third kappa shape index (κ3) is 7.91. The van der Waals surface area contributed by atoms with Crippen LogP contribution in [0, 0.1) is 5.82 Å². The number of halogens is 1. The molecule has 0 unspecified atom stereocenters. The quantitative estimate of drug-likeness (QED) is 0.219. The fraction of sp³-hybridized carbons (Fsp3) is 0.290. The van der Waals surface area contributed by atoms with Crippen LogP contribution in [0.15, 0.2) is 91.0 Å². The number of benzene rings is 4. The molecule has 35 heavy (non-hydrogen) atoms.